The second-order valence-electron chi connectivity index (χ2n) is 32.7. The third-order valence-electron chi connectivity index (χ3n) is 25.1. The average Bonchev–Trinajstić information content (AvgIpc) is 1.59. The predicted molar refractivity (Wildman–Crippen MR) is 555 cm³/mol. The van der Waals surface area contributed by atoms with Gasteiger partial charge in [0.15, 0.2) is 0 Å². The Labute approximate surface area is 759 Å². The second-order valence-corrected chi connectivity index (χ2v) is 36.0. The topological polar surface area (TPSA) is 22.8 Å². The second kappa shape index (κ2) is 32.8. The van der Waals surface area contributed by atoms with Crippen LogP contribution in [-0.4, -0.2) is 9.13 Å². The third-order valence-corrected chi connectivity index (χ3v) is 28.5. The molecule has 0 fully saturated rings. The number of fused-ring (bicyclic) bond motifs is 15. The van der Waals surface area contributed by atoms with Gasteiger partial charge in [-0.2, -0.15) is 0 Å². The maximum Gasteiger partial charge on any atom is 0.0547 e. The molecule has 0 atom stereocenters. The Balaban J connectivity index is 0.000000143. The number of hydrogen-bond acceptors (Lipinski definition) is 7. The molecule has 0 bridgehead atoms. The largest absolute Gasteiger partial charge is 0.310 e. The zero-order chi connectivity index (χ0) is 85.2. The molecule has 5 aromatic heterocycles. The van der Waals surface area contributed by atoms with Gasteiger partial charge < -0.3 is 28.7 Å². The van der Waals surface area contributed by atoms with E-state index in [0.29, 0.717) is 0 Å². The van der Waals surface area contributed by atoms with Gasteiger partial charge in [0, 0.05) is 162 Å². The van der Waals surface area contributed by atoms with Crippen molar-refractivity contribution in [2.75, 3.05) is 19.6 Å². The lowest BCUT2D eigenvalue weighted by Gasteiger charge is -2.29. The lowest BCUT2D eigenvalue weighted by Crippen LogP contribution is -2.13. The number of rotatable bonds is 17. The van der Waals surface area contributed by atoms with Crippen LogP contribution in [0.4, 0.5) is 68.2 Å². The molecule has 608 valence electrons. The fraction of sp³-hybridized carbons (Fsp3) is 0. The van der Waals surface area contributed by atoms with E-state index in [-0.39, 0.29) is 0 Å². The molecule has 6 nitrogen and oxygen atoms in total. The molecule has 0 aliphatic rings. The third kappa shape index (κ3) is 14.1. The number of nitrogens with zero attached hydrogens (tertiary/aromatic N) is 6. The predicted octanol–water partition coefficient (Wildman–Crippen LogP) is 35.6. The van der Waals surface area contributed by atoms with Gasteiger partial charge in [-0.3, -0.25) is 0 Å². The molecule has 0 saturated carbocycles. The van der Waals surface area contributed by atoms with Crippen LogP contribution in [0.1, 0.15) is 0 Å². The molecular formula is C120H80N6S3. The first kappa shape index (κ1) is 76.5. The molecule has 0 N–H and O–H groups in total. The zero-order valence-corrected chi connectivity index (χ0v) is 72.5. The van der Waals surface area contributed by atoms with Gasteiger partial charge in [-0.05, 0) is 264 Å². The van der Waals surface area contributed by atoms with E-state index in [4.69, 9.17) is 0 Å². The Morgan fingerprint density at radius 3 is 0.767 bits per heavy atom. The first-order valence-corrected chi connectivity index (χ1v) is 46.2. The molecular weight excluding hydrogens is 1620 g/mol. The molecule has 0 radical (unpaired) electrons. The number of aromatic nitrogens is 2. The van der Waals surface area contributed by atoms with Gasteiger partial charge in [0.2, 0.25) is 0 Å². The van der Waals surface area contributed by atoms with E-state index in [2.05, 4.69) is 514 Å². The molecule has 0 spiro atoms. The summed E-state index contributed by atoms with van der Waals surface area (Å²) in [5, 5.41) is 12.6. The van der Waals surface area contributed by atoms with Gasteiger partial charge in [-0.25, -0.2) is 0 Å². The summed E-state index contributed by atoms with van der Waals surface area (Å²) in [5.41, 5.74) is 27.5. The summed E-state index contributed by atoms with van der Waals surface area (Å²) in [6, 6.07) is 176. The normalized spacial score (nSPS) is 11.6. The molecule has 0 saturated heterocycles. The van der Waals surface area contributed by atoms with Crippen molar-refractivity contribution in [2.45, 2.75) is 0 Å². The van der Waals surface area contributed by atoms with Crippen LogP contribution in [0.5, 0.6) is 0 Å². The van der Waals surface area contributed by atoms with E-state index in [0.717, 1.165) is 79.6 Å². The van der Waals surface area contributed by atoms with Crippen molar-refractivity contribution in [1.82, 2.24) is 9.13 Å². The van der Waals surface area contributed by atoms with E-state index in [1.54, 1.807) is 0 Å². The summed E-state index contributed by atoms with van der Waals surface area (Å²) in [4.78, 5) is 9.50. The van der Waals surface area contributed by atoms with Crippen molar-refractivity contribution in [2.24, 2.45) is 0 Å². The van der Waals surface area contributed by atoms with Gasteiger partial charge >= 0.3 is 0 Å². The molecule has 0 aliphatic carbocycles. The van der Waals surface area contributed by atoms with Crippen molar-refractivity contribution in [3.05, 3.63) is 485 Å². The highest BCUT2D eigenvalue weighted by Crippen LogP contribution is 2.50. The van der Waals surface area contributed by atoms with Gasteiger partial charge in [-0.15, -0.1) is 34.0 Å². The highest BCUT2D eigenvalue weighted by Gasteiger charge is 2.25. The number of anilines is 12. The Morgan fingerprint density at radius 1 is 0.132 bits per heavy atom. The zero-order valence-electron chi connectivity index (χ0n) is 70.1. The smallest absolute Gasteiger partial charge is 0.0547 e. The van der Waals surface area contributed by atoms with Gasteiger partial charge in [0.1, 0.15) is 0 Å². The molecule has 20 aromatic carbocycles. The van der Waals surface area contributed by atoms with Gasteiger partial charge in [0.05, 0.1) is 22.1 Å². The lowest BCUT2D eigenvalue weighted by molar-refractivity contribution is 1.18. The number of benzene rings is 20. The minimum Gasteiger partial charge on any atom is -0.310 e. The van der Waals surface area contributed by atoms with Gasteiger partial charge in [-0.1, -0.05) is 255 Å². The van der Waals surface area contributed by atoms with Crippen LogP contribution >= 0.6 is 34.0 Å². The summed E-state index contributed by atoms with van der Waals surface area (Å²) in [7, 11) is 0. The van der Waals surface area contributed by atoms with Crippen molar-refractivity contribution >= 4 is 206 Å². The first-order chi connectivity index (χ1) is 63.9. The standard InChI is InChI=1S/C60H39N3S2.C60H41N3S/c1-4-15-42(16-5-1)61(47-29-33-59-53(38-47)51-24-11-13-26-57(51)64-59)45-21-14-22-46(37-45)62(43-17-6-2-7-18-43)48-30-34-60-54(39-48)52-35-40(28-32-58(52)65-60)41-27-31-50-49-23-10-12-25-55(49)63(56(50)36-41)44-19-8-3-9-20-44;1-5-16-42(17-6-1)43-28-32-49(33-29-43)62(51-25-15-24-50(40-51)61(46-18-7-2-8-19-46)47-20-9-3-10-21-47)52-34-37-60-56(41-52)55-38-44(31-36-59(55)64-60)45-30-35-54-53-26-13-14-27-57(53)63(58(54)39-45)48-22-11-4-12-23-48/h1-39H;1-41H. The minimum absolute atomic E-state index is 1.07. The monoisotopic (exact) mass is 1700 g/mol. The first-order valence-electron chi connectivity index (χ1n) is 43.7. The van der Waals surface area contributed by atoms with Crippen LogP contribution in [0.25, 0.3) is 149 Å². The van der Waals surface area contributed by atoms with Crippen molar-refractivity contribution in [3.8, 4) is 44.8 Å². The van der Waals surface area contributed by atoms with Crippen LogP contribution in [0, 0.1) is 0 Å². The Morgan fingerprint density at radius 2 is 0.372 bits per heavy atom. The molecule has 9 heteroatoms. The van der Waals surface area contributed by atoms with Crippen LogP contribution in [0.2, 0.25) is 0 Å². The highest BCUT2D eigenvalue weighted by molar-refractivity contribution is 7.26. The van der Waals surface area contributed by atoms with E-state index < -0.39 is 0 Å². The van der Waals surface area contributed by atoms with Gasteiger partial charge in [0.25, 0.3) is 0 Å². The summed E-state index contributed by atoms with van der Waals surface area (Å²) < 4.78 is 12.5. The summed E-state index contributed by atoms with van der Waals surface area (Å²) in [5.74, 6) is 0. The summed E-state index contributed by atoms with van der Waals surface area (Å²) in [6.07, 6.45) is 0. The fourth-order valence-corrected chi connectivity index (χ4v) is 22.3. The Hall–Kier alpha value is -16.1. The van der Waals surface area contributed by atoms with E-state index in [9.17, 15) is 0 Å². The molecule has 129 heavy (non-hydrogen) atoms. The average molecular weight is 1700 g/mol. The minimum atomic E-state index is 1.07. The fourth-order valence-electron chi connectivity index (χ4n) is 19.1. The van der Waals surface area contributed by atoms with E-state index in [1.807, 2.05) is 34.0 Å². The Kier molecular flexibility index (Phi) is 19.4. The lowest BCUT2D eigenvalue weighted by atomic mass is 10.0. The van der Waals surface area contributed by atoms with Crippen molar-refractivity contribution in [3.63, 3.8) is 0 Å². The van der Waals surface area contributed by atoms with E-state index >= 15 is 0 Å². The molecule has 0 aliphatic heterocycles. The van der Waals surface area contributed by atoms with Crippen molar-refractivity contribution < 1.29 is 0 Å². The van der Waals surface area contributed by atoms with Crippen LogP contribution in [-0.2, 0) is 0 Å². The maximum atomic E-state index is 2.40. The summed E-state index contributed by atoms with van der Waals surface area (Å²) in [6.45, 7) is 0. The van der Waals surface area contributed by atoms with Crippen molar-refractivity contribution in [1.29, 1.82) is 0 Å². The molecule has 25 rings (SSSR count). The SMILES string of the molecule is c1ccc(-c2ccc(N(c3cccc(N(c4ccccc4)c4ccccc4)c3)c3ccc4sc5ccc(-c6ccc7c8ccccc8n(-c8ccccc8)c7c6)cc5c4c3)cc2)cc1.c1ccc(N(c2cccc(N(c3ccccc3)c3ccc4sc5ccc(-c6ccc7c8ccccc8n(-c8ccccc8)c7c6)cc5c4c3)c2)c2ccc3sc4ccccc4c3c2)cc1. The van der Waals surface area contributed by atoms with Crippen LogP contribution in [0.15, 0.2) is 485 Å². The molecule has 0 amide bonds. The number of para-hydroxylation sites is 8. The van der Waals surface area contributed by atoms with Crippen LogP contribution < -0.4 is 19.6 Å². The quantitative estimate of drug-likeness (QED) is 0.0906. The maximum absolute atomic E-state index is 2.40. The Bertz CT molecular complexity index is 8460. The highest BCUT2D eigenvalue weighted by atomic mass is 32.1. The molecule has 5 heterocycles. The molecule has 25 aromatic rings. The summed E-state index contributed by atoms with van der Waals surface area (Å²) >= 11 is 5.56. The van der Waals surface area contributed by atoms with Crippen LogP contribution in [0.3, 0.4) is 0 Å². The van der Waals surface area contributed by atoms with E-state index in [1.165, 1.54) is 138 Å². The molecule has 0 unspecified atom stereocenters. The number of thiophene rings is 3. The number of hydrogen-bond donors (Lipinski definition) is 0.